The van der Waals surface area contributed by atoms with Gasteiger partial charge in [-0.15, -0.1) is 0 Å². The molecule has 0 aliphatic rings. The van der Waals surface area contributed by atoms with Crippen molar-refractivity contribution < 1.29 is 34.6 Å². The summed E-state index contributed by atoms with van der Waals surface area (Å²) in [4.78, 5) is 0. The molecule has 0 unspecified atom stereocenters. The lowest BCUT2D eigenvalue weighted by Gasteiger charge is -2.19. The van der Waals surface area contributed by atoms with Gasteiger partial charge in [0, 0.05) is 16.2 Å². The number of hydrogen-bond acceptors (Lipinski definition) is 1. The minimum Gasteiger partial charge on any atom is -0.455 e. The predicted molar refractivity (Wildman–Crippen MR) is 335 cm³/mol. The van der Waals surface area contributed by atoms with E-state index in [0.29, 0.717) is 0 Å². The van der Waals surface area contributed by atoms with Crippen LogP contribution in [0.1, 0.15) is 45.0 Å². The third-order valence-electron chi connectivity index (χ3n) is 14.1. The lowest BCUT2D eigenvalue weighted by Crippen LogP contribution is -1.91. The van der Waals surface area contributed by atoms with Crippen LogP contribution in [0.5, 0.6) is 0 Å². The van der Waals surface area contributed by atoms with E-state index in [1.165, 1.54) is 65.3 Å². The molecule has 0 aliphatic heterocycles. The molecule has 0 saturated carbocycles. The number of benzene rings is 15. The second-order valence-electron chi connectivity index (χ2n) is 18.1. The molecular weight excluding hydrogens is 929 g/mol. The molecule has 0 spiro atoms. The number of fused-ring (bicyclic) bond motifs is 12. The molecule has 364 valence electrons. The van der Waals surface area contributed by atoms with Gasteiger partial charge in [-0.25, -0.2) is 0 Å². The highest BCUT2D eigenvalue weighted by Crippen LogP contribution is 2.49. The SMILES string of the molecule is C.C.[2H]c1c([2H])c([2H])c2c([2H])c(-c3c4c([2H])c([2H])c([2H])c([2H])c4c(-c4c([2H])c([2H])c([2H])c5c([2H])c([2H])c([2H])c([2H])c45)c4c([2H])c([2H])c([2H])c([2H])c34)c([2H])c([2H])c2c1[2H].c1ccc2cc(-c3c4ccccc4c(-c4cccc5oc6c7ccccc7ccc6c45)c4ccccc34)ccc2c1. The quantitative estimate of drug-likeness (QED) is 0.160. The molecule has 0 aliphatic carbocycles. The Morgan fingerprint density at radius 2 is 0.779 bits per heavy atom. The molecule has 1 heterocycles. The smallest absolute Gasteiger partial charge is 0.143 e. The molecule has 0 fully saturated rings. The van der Waals surface area contributed by atoms with Crippen LogP contribution in [0.3, 0.4) is 0 Å². The third-order valence-corrected chi connectivity index (χ3v) is 14.1. The van der Waals surface area contributed by atoms with Crippen molar-refractivity contribution >= 4 is 108 Å². The van der Waals surface area contributed by atoms with E-state index in [2.05, 4.69) is 146 Å². The van der Waals surface area contributed by atoms with Gasteiger partial charge < -0.3 is 4.42 Å². The average molecular weight is 1010 g/mol. The maximum absolute atomic E-state index is 9.32. The molecular formula is C76H54O. The molecule has 0 atom stereocenters. The first-order valence-corrected chi connectivity index (χ1v) is 24.1. The van der Waals surface area contributed by atoms with Crippen molar-refractivity contribution in [2.24, 2.45) is 0 Å². The number of hydrogen-bond donors (Lipinski definition) is 0. The monoisotopic (exact) mass is 1000 g/mol. The Balaban J connectivity index is 0.000000181. The Morgan fingerprint density at radius 1 is 0.273 bits per heavy atom. The zero-order chi connectivity index (χ0) is 68.5. The fourth-order valence-corrected chi connectivity index (χ4v) is 10.9. The van der Waals surface area contributed by atoms with E-state index in [0.717, 1.165) is 21.9 Å². The number of rotatable bonds is 4. The van der Waals surface area contributed by atoms with Crippen LogP contribution < -0.4 is 0 Å². The Kier molecular flexibility index (Phi) is 7.15. The molecule has 16 rings (SSSR count). The van der Waals surface area contributed by atoms with E-state index in [9.17, 15) is 6.85 Å². The highest BCUT2D eigenvalue weighted by Gasteiger charge is 2.22. The van der Waals surface area contributed by atoms with Gasteiger partial charge in [-0.2, -0.15) is 0 Å². The topological polar surface area (TPSA) is 13.1 Å². The van der Waals surface area contributed by atoms with Crippen molar-refractivity contribution in [2.45, 2.75) is 14.9 Å². The van der Waals surface area contributed by atoms with Crippen LogP contribution in [0, 0.1) is 0 Å². The van der Waals surface area contributed by atoms with Gasteiger partial charge >= 0.3 is 0 Å². The molecule has 0 bridgehead atoms. The standard InChI is InChI=1S/C40H24O.C34H22.2CH4/c1-2-12-27-24-28(21-20-25(27)10-1)37-30-14-5-7-16-32(30)38(33-17-8-6-15-31(33)37)34-18-9-19-36-39(34)35-23-22-26-11-3-4-13-29(26)40(35)41-36;1-2-12-25-22-26(21-20-23(25)10-1)33-29-15-5-7-17-31(29)34(32-18-8-6-16-30(32)33)28-19-9-13-24-11-3-4-14-27(24)28;;/h1-24H;1-22H;2*1H4/i;1D,2D,3D,4D,5D,6D,7D,8D,9D,10D,11D,12D,13D,14D,15D,16D,17D,18D,19D,20D,21D,22D;;. The summed E-state index contributed by atoms with van der Waals surface area (Å²) >= 11 is 0. The van der Waals surface area contributed by atoms with Gasteiger partial charge in [0.1, 0.15) is 11.2 Å². The minimum atomic E-state index is -0.915. The Hall–Kier alpha value is -9.82. The van der Waals surface area contributed by atoms with E-state index in [-0.39, 0.29) is 14.9 Å². The van der Waals surface area contributed by atoms with Crippen LogP contribution in [0.25, 0.3) is 153 Å². The molecule has 1 aromatic heterocycles. The van der Waals surface area contributed by atoms with E-state index < -0.39 is 198 Å². The molecule has 77 heavy (non-hydrogen) atoms. The highest BCUT2D eigenvalue weighted by molar-refractivity contribution is 6.28. The predicted octanol–water partition coefficient (Wildman–Crippen LogP) is 22.4. The summed E-state index contributed by atoms with van der Waals surface area (Å²) in [5.41, 5.74) is 4.25. The van der Waals surface area contributed by atoms with Crippen LogP contribution in [0.4, 0.5) is 0 Å². The molecule has 16 aromatic rings. The fourth-order valence-electron chi connectivity index (χ4n) is 10.9. The Morgan fingerprint density at radius 3 is 1.47 bits per heavy atom. The second-order valence-corrected chi connectivity index (χ2v) is 18.1. The summed E-state index contributed by atoms with van der Waals surface area (Å²) in [7, 11) is 0. The van der Waals surface area contributed by atoms with Gasteiger partial charge in [-0.05, 0) is 150 Å². The summed E-state index contributed by atoms with van der Waals surface area (Å²) < 4.78 is 200. The van der Waals surface area contributed by atoms with Crippen LogP contribution in [0.15, 0.2) is 283 Å². The van der Waals surface area contributed by atoms with Gasteiger partial charge in [0.15, 0.2) is 0 Å². The maximum Gasteiger partial charge on any atom is 0.143 e. The van der Waals surface area contributed by atoms with Crippen LogP contribution in [0.2, 0.25) is 0 Å². The number of furan rings is 1. The van der Waals surface area contributed by atoms with Gasteiger partial charge in [0.25, 0.3) is 0 Å². The van der Waals surface area contributed by atoms with Crippen molar-refractivity contribution in [1.82, 2.24) is 0 Å². The molecule has 0 amide bonds. The van der Waals surface area contributed by atoms with Gasteiger partial charge in [-0.3, -0.25) is 0 Å². The average Bonchev–Trinajstić information content (AvgIpc) is 1.04. The van der Waals surface area contributed by atoms with Crippen molar-refractivity contribution in [2.75, 3.05) is 0 Å². The summed E-state index contributed by atoms with van der Waals surface area (Å²) in [6.07, 6.45) is 0. The van der Waals surface area contributed by atoms with Crippen LogP contribution >= 0.6 is 0 Å². The van der Waals surface area contributed by atoms with E-state index in [1.54, 1.807) is 0 Å². The molecule has 0 saturated heterocycles. The molecule has 0 radical (unpaired) electrons. The highest BCUT2D eigenvalue weighted by atomic mass is 16.3. The van der Waals surface area contributed by atoms with Crippen molar-refractivity contribution in [3.63, 3.8) is 0 Å². The van der Waals surface area contributed by atoms with Crippen molar-refractivity contribution in [3.8, 4) is 44.5 Å². The van der Waals surface area contributed by atoms with E-state index in [1.807, 2.05) is 0 Å². The second kappa shape index (κ2) is 19.1. The van der Waals surface area contributed by atoms with E-state index >= 15 is 0 Å². The van der Waals surface area contributed by atoms with Crippen LogP contribution in [-0.2, 0) is 0 Å². The summed E-state index contributed by atoms with van der Waals surface area (Å²) in [6, 6.07) is 33.7. The normalized spacial score (nSPS) is 15.4. The first kappa shape index (κ1) is 28.7. The van der Waals surface area contributed by atoms with Gasteiger partial charge in [0.2, 0.25) is 0 Å². The van der Waals surface area contributed by atoms with Crippen LogP contribution in [-0.4, -0.2) is 0 Å². The summed E-state index contributed by atoms with van der Waals surface area (Å²) in [5, 5.41) is 7.39. The summed E-state index contributed by atoms with van der Waals surface area (Å²) in [6.45, 7) is 0. The maximum atomic E-state index is 9.32. The minimum absolute atomic E-state index is 0. The fraction of sp³-hybridized carbons (Fsp3) is 0.0263. The Bertz CT molecular complexity index is 6150. The first-order chi connectivity index (χ1) is 46.4. The van der Waals surface area contributed by atoms with Crippen molar-refractivity contribution in [3.05, 3.63) is 279 Å². The van der Waals surface area contributed by atoms with E-state index in [4.69, 9.17) is 27.7 Å². The molecule has 1 nitrogen and oxygen atoms in total. The lowest BCUT2D eigenvalue weighted by molar-refractivity contribution is 0.673. The van der Waals surface area contributed by atoms with Gasteiger partial charge in [0.05, 0.1) is 30.2 Å². The zero-order valence-corrected chi connectivity index (χ0v) is 39.3. The molecule has 15 aromatic carbocycles. The van der Waals surface area contributed by atoms with Gasteiger partial charge in [-0.1, -0.05) is 269 Å². The third kappa shape index (κ3) is 7.62. The zero-order valence-electron chi connectivity index (χ0n) is 61.3. The first-order valence-electron chi connectivity index (χ1n) is 35.1. The summed E-state index contributed by atoms with van der Waals surface area (Å²) in [5.74, 6) is 0. The molecule has 0 N–H and O–H groups in total. The van der Waals surface area contributed by atoms with Crippen molar-refractivity contribution in [1.29, 1.82) is 0 Å². The largest absolute Gasteiger partial charge is 0.455 e. The molecule has 1 heteroatoms. The Labute approximate surface area is 479 Å². The lowest BCUT2D eigenvalue weighted by atomic mass is 9.84.